The van der Waals surface area contributed by atoms with Gasteiger partial charge in [0.15, 0.2) is 11.5 Å². The Balaban J connectivity index is 1.56. The second-order valence-corrected chi connectivity index (χ2v) is 9.63. The number of aliphatic hydroxyl groups is 1. The summed E-state index contributed by atoms with van der Waals surface area (Å²) in [6, 6.07) is 16.3. The molecule has 1 aliphatic heterocycles. The summed E-state index contributed by atoms with van der Waals surface area (Å²) in [4.78, 5) is 24.0. The lowest BCUT2D eigenvalue weighted by molar-refractivity contribution is 0.188. The van der Waals surface area contributed by atoms with E-state index < -0.39 is 0 Å². The Morgan fingerprint density at radius 1 is 1.03 bits per heavy atom. The van der Waals surface area contributed by atoms with Crippen molar-refractivity contribution in [2.75, 3.05) is 44.2 Å². The monoisotopic (exact) mass is 471 g/mol. The third-order valence-electron chi connectivity index (χ3n) is 6.61. The van der Waals surface area contributed by atoms with E-state index in [0.717, 1.165) is 64.3 Å². The number of nitrogens with zero attached hydrogens (tertiary/aromatic N) is 5. The molecule has 3 aromatic heterocycles. The molecule has 7 nitrogen and oxygen atoms in total. The second kappa shape index (κ2) is 8.47. The fourth-order valence-corrected chi connectivity index (χ4v) is 5.79. The van der Waals surface area contributed by atoms with Crippen LogP contribution in [0.4, 0.5) is 5.82 Å². The van der Waals surface area contributed by atoms with Gasteiger partial charge in [0, 0.05) is 54.4 Å². The Morgan fingerprint density at radius 2 is 1.82 bits per heavy atom. The lowest BCUT2D eigenvalue weighted by Gasteiger charge is -2.35. The summed E-state index contributed by atoms with van der Waals surface area (Å²) >= 11 is 1.50. The Morgan fingerprint density at radius 3 is 2.59 bits per heavy atom. The maximum absolute atomic E-state index is 13.9. The first-order valence-electron chi connectivity index (χ1n) is 11.5. The van der Waals surface area contributed by atoms with Crippen molar-refractivity contribution >= 4 is 43.8 Å². The van der Waals surface area contributed by atoms with E-state index in [0.29, 0.717) is 17.6 Å². The third-order valence-corrected chi connectivity index (χ3v) is 7.48. The first-order valence-corrected chi connectivity index (χ1v) is 12.4. The van der Waals surface area contributed by atoms with Gasteiger partial charge in [-0.2, -0.15) is 4.52 Å². The Labute approximate surface area is 200 Å². The highest BCUT2D eigenvalue weighted by Gasteiger charge is 2.23. The third kappa shape index (κ3) is 3.46. The molecule has 8 heteroatoms. The minimum absolute atomic E-state index is 0.135. The zero-order valence-electron chi connectivity index (χ0n) is 18.9. The van der Waals surface area contributed by atoms with Crippen LogP contribution in [0.2, 0.25) is 0 Å². The SMILES string of the molecule is Cc1cccc(-c2csc3nc4c5ccccc5c(N5CCN(CCO)CC5)nn4c(=O)c23)c1. The van der Waals surface area contributed by atoms with Crippen LogP contribution in [0, 0.1) is 6.92 Å². The van der Waals surface area contributed by atoms with E-state index in [9.17, 15) is 9.90 Å². The highest BCUT2D eigenvalue weighted by atomic mass is 32.1. The number of piperazine rings is 1. The molecule has 0 spiro atoms. The van der Waals surface area contributed by atoms with Crippen molar-refractivity contribution in [3.05, 3.63) is 69.8 Å². The number of hydrogen-bond acceptors (Lipinski definition) is 7. The number of benzene rings is 2. The highest BCUT2D eigenvalue weighted by Crippen LogP contribution is 2.33. The number of aliphatic hydroxyl groups excluding tert-OH is 1. The van der Waals surface area contributed by atoms with Crippen LogP contribution in [0.1, 0.15) is 5.56 Å². The van der Waals surface area contributed by atoms with Gasteiger partial charge in [-0.1, -0.05) is 54.1 Å². The van der Waals surface area contributed by atoms with Crippen LogP contribution in [0.5, 0.6) is 0 Å². The van der Waals surface area contributed by atoms with Gasteiger partial charge in [-0.05, 0) is 12.5 Å². The average molecular weight is 472 g/mol. The van der Waals surface area contributed by atoms with Gasteiger partial charge >= 0.3 is 0 Å². The van der Waals surface area contributed by atoms with Gasteiger partial charge in [-0.25, -0.2) is 4.98 Å². The molecule has 0 atom stereocenters. The number of thiophene rings is 1. The van der Waals surface area contributed by atoms with Crippen molar-refractivity contribution in [3.8, 4) is 11.1 Å². The van der Waals surface area contributed by atoms with E-state index in [1.54, 1.807) is 0 Å². The van der Waals surface area contributed by atoms with Crippen molar-refractivity contribution in [1.82, 2.24) is 19.5 Å². The topological polar surface area (TPSA) is 74.0 Å². The predicted octanol–water partition coefficient (Wildman–Crippen LogP) is 3.55. The highest BCUT2D eigenvalue weighted by molar-refractivity contribution is 7.17. The second-order valence-electron chi connectivity index (χ2n) is 8.77. The standard InChI is InChI=1S/C26H25N5O2S/c1-17-5-4-6-18(15-17)21-16-34-25-22(21)26(33)31-23(27-25)19-7-2-3-8-20(19)24(28-31)30-11-9-29(10-12-30)13-14-32/h2-8,15-16,32H,9-14H2,1H3. The molecule has 5 aromatic rings. The van der Waals surface area contributed by atoms with Gasteiger partial charge in [0.25, 0.3) is 5.56 Å². The van der Waals surface area contributed by atoms with Crippen LogP contribution < -0.4 is 10.5 Å². The molecule has 172 valence electrons. The molecule has 1 N–H and O–H groups in total. The van der Waals surface area contributed by atoms with Gasteiger partial charge in [0.2, 0.25) is 0 Å². The molecule has 0 radical (unpaired) electrons. The molecule has 2 aromatic carbocycles. The van der Waals surface area contributed by atoms with E-state index in [2.05, 4.69) is 34.9 Å². The first-order chi connectivity index (χ1) is 16.6. The van der Waals surface area contributed by atoms with Gasteiger partial charge in [0.1, 0.15) is 4.83 Å². The van der Waals surface area contributed by atoms with Crippen molar-refractivity contribution < 1.29 is 5.11 Å². The van der Waals surface area contributed by atoms with Crippen LogP contribution in [0.15, 0.2) is 58.7 Å². The zero-order valence-corrected chi connectivity index (χ0v) is 19.8. The van der Waals surface area contributed by atoms with E-state index in [4.69, 9.17) is 10.1 Å². The summed E-state index contributed by atoms with van der Waals surface area (Å²) in [7, 11) is 0. The van der Waals surface area contributed by atoms with E-state index >= 15 is 0 Å². The molecule has 1 saturated heterocycles. The number of hydrogen-bond donors (Lipinski definition) is 1. The summed E-state index contributed by atoms with van der Waals surface area (Å²) in [6.45, 7) is 6.18. The van der Waals surface area contributed by atoms with Crippen molar-refractivity contribution in [2.45, 2.75) is 6.92 Å². The molecule has 0 amide bonds. The summed E-state index contributed by atoms with van der Waals surface area (Å²) in [5.74, 6) is 0.808. The van der Waals surface area contributed by atoms with Crippen LogP contribution in [0.3, 0.4) is 0 Å². The number of aromatic nitrogens is 3. The Hall–Kier alpha value is -3.33. The lowest BCUT2D eigenvalue weighted by atomic mass is 10.0. The molecule has 4 heterocycles. The minimum Gasteiger partial charge on any atom is -0.395 e. The Bertz CT molecular complexity index is 1580. The summed E-state index contributed by atoms with van der Waals surface area (Å²) in [5, 5.41) is 18.7. The van der Waals surface area contributed by atoms with Gasteiger partial charge < -0.3 is 10.0 Å². The maximum Gasteiger partial charge on any atom is 0.283 e. The summed E-state index contributed by atoms with van der Waals surface area (Å²) < 4.78 is 1.49. The maximum atomic E-state index is 13.9. The quantitative estimate of drug-likeness (QED) is 0.404. The number of rotatable bonds is 4. The molecule has 0 unspecified atom stereocenters. The smallest absolute Gasteiger partial charge is 0.283 e. The molecule has 6 rings (SSSR count). The van der Waals surface area contributed by atoms with Crippen LogP contribution in [-0.4, -0.2) is 63.9 Å². The number of β-amino-alcohol motifs (C(OH)–C–C–N with tert-alkyl or cyclic N) is 1. The molecule has 1 aliphatic rings. The molecule has 1 fully saturated rings. The van der Waals surface area contributed by atoms with Crippen LogP contribution >= 0.6 is 11.3 Å². The molecule has 0 saturated carbocycles. The largest absolute Gasteiger partial charge is 0.395 e. The van der Waals surface area contributed by atoms with Gasteiger partial charge in [-0.3, -0.25) is 9.69 Å². The van der Waals surface area contributed by atoms with Gasteiger partial charge in [-0.15, -0.1) is 16.4 Å². The van der Waals surface area contributed by atoms with Crippen LogP contribution in [0.25, 0.3) is 37.8 Å². The molecule has 0 aliphatic carbocycles. The average Bonchev–Trinajstić information content (AvgIpc) is 3.29. The van der Waals surface area contributed by atoms with Crippen molar-refractivity contribution in [1.29, 1.82) is 0 Å². The first kappa shape index (κ1) is 21.2. The lowest BCUT2D eigenvalue weighted by Crippen LogP contribution is -2.47. The molecule has 0 bridgehead atoms. The fourth-order valence-electron chi connectivity index (χ4n) is 4.85. The minimum atomic E-state index is -0.135. The zero-order chi connectivity index (χ0) is 23.2. The van der Waals surface area contributed by atoms with E-state index in [1.807, 2.05) is 35.7 Å². The van der Waals surface area contributed by atoms with Gasteiger partial charge in [0.05, 0.1) is 12.0 Å². The van der Waals surface area contributed by atoms with E-state index in [-0.39, 0.29) is 12.2 Å². The summed E-state index contributed by atoms with van der Waals surface area (Å²) in [5.41, 5.74) is 3.53. The molecular formula is C26H25N5O2S. The fraction of sp³-hybridized carbons (Fsp3) is 0.269. The molecule has 34 heavy (non-hydrogen) atoms. The summed E-state index contributed by atoms with van der Waals surface area (Å²) in [6.07, 6.45) is 0. The Kier molecular flexibility index (Phi) is 5.28. The van der Waals surface area contributed by atoms with Crippen molar-refractivity contribution in [2.24, 2.45) is 0 Å². The predicted molar refractivity (Wildman–Crippen MR) is 138 cm³/mol. The normalized spacial score (nSPS) is 15.1. The van der Waals surface area contributed by atoms with E-state index in [1.165, 1.54) is 15.9 Å². The number of fused-ring (bicyclic) bond motifs is 4. The number of anilines is 1. The number of aryl methyl sites for hydroxylation is 1. The van der Waals surface area contributed by atoms with Crippen molar-refractivity contribution in [3.63, 3.8) is 0 Å². The molecular weight excluding hydrogens is 446 g/mol. The van der Waals surface area contributed by atoms with Crippen LogP contribution in [-0.2, 0) is 0 Å².